The van der Waals surface area contributed by atoms with Gasteiger partial charge < -0.3 is 15.7 Å². The minimum Gasteiger partial charge on any atom is -0.394 e. The molecule has 2 amide bonds. The van der Waals surface area contributed by atoms with E-state index < -0.39 is 0 Å². The van der Waals surface area contributed by atoms with Gasteiger partial charge >= 0.3 is 0 Å². The summed E-state index contributed by atoms with van der Waals surface area (Å²) >= 11 is 0. The van der Waals surface area contributed by atoms with Crippen LogP contribution in [0.5, 0.6) is 0 Å². The van der Waals surface area contributed by atoms with Crippen molar-refractivity contribution in [2.24, 2.45) is 0 Å². The molecule has 5 heteroatoms. The molecule has 2 aromatic rings. The lowest BCUT2D eigenvalue weighted by molar-refractivity contribution is 0.0914. The molecule has 2 rings (SSSR count). The van der Waals surface area contributed by atoms with E-state index in [9.17, 15) is 9.59 Å². The third kappa shape index (κ3) is 5.16. The minimum absolute atomic E-state index is 0.0901. The number of rotatable bonds is 7. The first-order chi connectivity index (χ1) is 12.1. The Balaban J connectivity index is 1.99. The van der Waals surface area contributed by atoms with Crippen LogP contribution in [0.1, 0.15) is 46.5 Å². The summed E-state index contributed by atoms with van der Waals surface area (Å²) < 4.78 is 0. The lowest BCUT2D eigenvalue weighted by Crippen LogP contribution is -2.36. The maximum Gasteiger partial charge on any atom is 0.255 e. The molecule has 25 heavy (non-hydrogen) atoms. The summed E-state index contributed by atoms with van der Waals surface area (Å²) in [7, 11) is 0. The number of carbonyl (C=O) groups is 2. The van der Waals surface area contributed by atoms with Crippen LogP contribution >= 0.6 is 0 Å². The van der Waals surface area contributed by atoms with Crippen LogP contribution in [0, 0.1) is 0 Å². The highest BCUT2D eigenvalue weighted by atomic mass is 16.3. The van der Waals surface area contributed by atoms with E-state index in [-0.39, 0.29) is 24.5 Å². The molecular weight excluding hydrogens is 316 g/mol. The van der Waals surface area contributed by atoms with E-state index in [2.05, 4.69) is 17.6 Å². The molecule has 1 unspecified atom stereocenters. The maximum atomic E-state index is 12.2. The molecule has 0 heterocycles. The van der Waals surface area contributed by atoms with Gasteiger partial charge in [-0.25, -0.2) is 0 Å². The Morgan fingerprint density at radius 3 is 2.00 bits per heavy atom. The molecule has 5 nitrogen and oxygen atoms in total. The van der Waals surface area contributed by atoms with Crippen molar-refractivity contribution < 1.29 is 14.7 Å². The highest BCUT2D eigenvalue weighted by Crippen LogP contribution is 2.13. The summed E-state index contributed by atoms with van der Waals surface area (Å²) in [6, 6.07) is 13.9. The van der Waals surface area contributed by atoms with Gasteiger partial charge in [0.2, 0.25) is 0 Å². The largest absolute Gasteiger partial charge is 0.394 e. The van der Waals surface area contributed by atoms with Crippen molar-refractivity contribution in [3.8, 4) is 0 Å². The number of hydrogen-bond acceptors (Lipinski definition) is 3. The topological polar surface area (TPSA) is 78.4 Å². The third-order valence-corrected chi connectivity index (χ3v) is 4.08. The number of aliphatic hydroxyl groups excluding tert-OH is 1. The van der Waals surface area contributed by atoms with Crippen LogP contribution < -0.4 is 10.6 Å². The second-order valence-electron chi connectivity index (χ2n) is 5.84. The smallest absolute Gasteiger partial charge is 0.255 e. The predicted octanol–water partition coefficient (Wildman–Crippen LogP) is 3.00. The molecule has 0 aromatic heterocycles. The fourth-order valence-corrected chi connectivity index (χ4v) is 2.35. The number of amides is 2. The molecule has 1 atom stereocenters. The number of aryl methyl sites for hydroxylation is 1. The number of carbonyl (C=O) groups excluding carboxylic acids is 2. The van der Waals surface area contributed by atoms with Crippen LogP contribution in [-0.2, 0) is 6.42 Å². The van der Waals surface area contributed by atoms with Gasteiger partial charge in [-0.15, -0.1) is 0 Å². The van der Waals surface area contributed by atoms with Crippen LogP contribution in [0.25, 0.3) is 0 Å². The Morgan fingerprint density at radius 2 is 1.48 bits per heavy atom. The summed E-state index contributed by atoms with van der Waals surface area (Å²) in [6.07, 6.45) is 1.59. The molecule has 0 saturated carbocycles. The SMILES string of the molecule is CCc1ccc(C(=O)Nc2ccc(C(=O)NC(CC)CO)cc2)cc1. The summed E-state index contributed by atoms with van der Waals surface area (Å²) in [6.45, 7) is 3.87. The molecule has 0 aliphatic heterocycles. The first-order valence-corrected chi connectivity index (χ1v) is 8.49. The molecule has 0 radical (unpaired) electrons. The van der Waals surface area contributed by atoms with E-state index in [1.165, 1.54) is 5.56 Å². The first-order valence-electron chi connectivity index (χ1n) is 8.49. The summed E-state index contributed by atoms with van der Waals surface area (Å²) in [5.41, 5.74) is 2.88. The Bertz CT molecular complexity index is 705. The number of nitrogens with one attached hydrogen (secondary N) is 2. The summed E-state index contributed by atoms with van der Waals surface area (Å²) in [5, 5.41) is 14.7. The molecule has 0 bridgehead atoms. The fourth-order valence-electron chi connectivity index (χ4n) is 2.35. The van der Waals surface area contributed by atoms with E-state index in [0.717, 1.165) is 6.42 Å². The summed E-state index contributed by atoms with van der Waals surface area (Å²) in [5.74, 6) is -0.430. The van der Waals surface area contributed by atoms with Crippen LogP contribution in [0.2, 0.25) is 0 Å². The van der Waals surface area contributed by atoms with Gasteiger partial charge in [0.25, 0.3) is 11.8 Å². The Hall–Kier alpha value is -2.66. The van der Waals surface area contributed by atoms with E-state index in [1.807, 2.05) is 19.1 Å². The lowest BCUT2D eigenvalue weighted by Gasteiger charge is -2.14. The Labute approximate surface area is 148 Å². The number of hydrogen-bond donors (Lipinski definition) is 3. The van der Waals surface area contributed by atoms with E-state index >= 15 is 0 Å². The molecule has 2 aromatic carbocycles. The Kier molecular flexibility index (Phi) is 6.71. The van der Waals surface area contributed by atoms with Crippen LogP contribution in [-0.4, -0.2) is 29.6 Å². The van der Waals surface area contributed by atoms with Gasteiger partial charge in [0.1, 0.15) is 0 Å². The van der Waals surface area contributed by atoms with E-state index in [1.54, 1.807) is 36.4 Å². The second kappa shape index (κ2) is 8.99. The van der Waals surface area contributed by atoms with Gasteiger partial charge in [-0.05, 0) is 54.8 Å². The van der Waals surface area contributed by atoms with Gasteiger partial charge in [0.05, 0.1) is 12.6 Å². The second-order valence-corrected chi connectivity index (χ2v) is 5.84. The quantitative estimate of drug-likeness (QED) is 0.725. The van der Waals surface area contributed by atoms with Crippen molar-refractivity contribution in [1.82, 2.24) is 5.32 Å². The first kappa shape index (κ1) is 18.7. The lowest BCUT2D eigenvalue weighted by atomic mass is 10.1. The number of anilines is 1. The molecule has 132 valence electrons. The van der Waals surface area contributed by atoms with Crippen LogP contribution in [0.3, 0.4) is 0 Å². The predicted molar refractivity (Wildman–Crippen MR) is 98.8 cm³/mol. The van der Waals surface area contributed by atoms with Crippen molar-refractivity contribution in [3.05, 3.63) is 65.2 Å². The van der Waals surface area contributed by atoms with Gasteiger partial charge in [-0.2, -0.15) is 0 Å². The van der Waals surface area contributed by atoms with E-state index in [0.29, 0.717) is 23.2 Å². The van der Waals surface area contributed by atoms with Crippen molar-refractivity contribution in [2.75, 3.05) is 11.9 Å². The van der Waals surface area contributed by atoms with Crippen molar-refractivity contribution in [1.29, 1.82) is 0 Å². The fraction of sp³-hybridized carbons (Fsp3) is 0.300. The third-order valence-electron chi connectivity index (χ3n) is 4.08. The minimum atomic E-state index is -0.252. The van der Waals surface area contributed by atoms with Gasteiger partial charge in [-0.1, -0.05) is 26.0 Å². The molecule has 0 aliphatic rings. The maximum absolute atomic E-state index is 12.2. The zero-order chi connectivity index (χ0) is 18.2. The van der Waals surface area contributed by atoms with Crippen LogP contribution in [0.15, 0.2) is 48.5 Å². The van der Waals surface area contributed by atoms with Gasteiger partial charge in [-0.3, -0.25) is 9.59 Å². The van der Waals surface area contributed by atoms with Crippen LogP contribution in [0.4, 0.5) is 5.69 Å². The molecule has 0 fully saturated rings. The zero-order valence-corrected chi connectivity index (χ0v) is 14.6. The molecular formula is C20H24N2O3. The molecule has 0 spiro atoms. The molecule has 3 N–H and O–H groups in total. The Morgan fingerprint density at radius 1 is 0.920 bits per heavy atom. The normalized spacial score (nSPS) is 11.6. The average molecular weight is 340 g/mol. The van der Waals surface area contributed by atoms with Crippen molar-refractivity contribution in [3.63, 3.8) is 0 Å². The standard InChI is InChI=1S/C20H24N2O3/c1-3-14-5-7-15(8-6-14)20(25)22-18-11-9-16(10-12-18)19(24)21-17(4-2)13-23/h5-12,17,23H,3-4,13H2,1-2H3,(H,21,24)(H,22,25). The molecule has 0 saturated heterocycles. The molecule has 0 aliphatic carbocycles. The summed E-state index contributed by atoms with van der Waals surface area (Å²) in [4.78, 5) is 24.3. The number of benzene rings is 2. The monoisotopic (exact) mass is 340 g/mol. The highest BCUT2D eigenvalue weighted by molar-refractivity contribution is 6.04. The number of aliphatic hydroxyl groups is 1. The zero-order valence-electron chi connectivity index (χ0n) is 14.6. The van der Waals surface area contributed by atoms with Crippen molar-refractivity contribution in [2.45, 2.75) is 32.7 Å². The van der Waals surface area contributed by atoms with Gasteiger partial charge in [0, 0.05) is 16.8 Å². The highest BCUT2D eigenvalue weighted by Gasteiger charge is 2.12. The average Bonchev–Trinajstić information content (AvgIpc) is 2.66. The van der Waals surface area contributed by atoms with Gasteiger partial charge in [0.15, 0.2) is 0 Å². The van der Waals surface area contributed by atoms with E-state index in [4.69, 9.17) is 5.11 Å². The van der Waals surface area contributed by atoms with Crippen molar-refractivity contribution >= 4 is 17.5 Å².